The number of rotatable bonds is 4. The SMILES string of the molecule is CN(C[C@H]1COc2ccccc2O1)C(=O)Cn1c(=O)n(C)c2ccccc21. The molecule has 0 aliphatic carbocycles. The first-order valence-corrected chi connectivity index (χ1v) is 8.81. The molecule has 4 rings (SSSR count). The maximum absolute atomic E-state index is 12.7. The van der Waals surface area contributed by atoms with Crippen molar-refractivity contribution in [3.63, 3.8) is 0 Å². The molecule has 0 saturated carbocycles. The fourth-order valence-electron chi connectivity index (χ4n) is 3.33. The van der Waals surface area contributed by atoms with Crippen LogP contribution in [0.1, 0.15) is 0 Å². The largest absolute Gasteiger partial charge is 0.486 e. The van der Waals surface area contributed by atoms with Gasteiger partial charge in [-0.1, -0.05) is 24.3 Å². The summed E-state index contributed by atoms with van der Waals surface area (Å²) in [5, 5.41) is 0. The Labute approximate surface area is 156 Å². The van der Waals surface area contributed by atoms with E-state index in [4.69, 9.17) is 9.47 Å². The van der Waals surface area contributed by atoms with Crippen LogP contribution in [0.2, 0.25) is 0 Å². The van der Waals surface area contributed by atoms with Crippen LogP contribution in [0, 0.1) is 0 Å². The minimum atomic E-state index is -0.252. The number of benzene rings is 2. The second kappa shape index (κ2) is 6.83. The van der Waals surface area contributed by atoms with Crippen molar-refractivity contribution in [1.82, 2.24) is 14.0 Å². The molecule has 2 aromatic carbocycles. The molecule has 0 N–H and O–H groups in total. The third kappa shape index (κ3) is 3.16. The van der Waals surface area contributed by atoms with Gasteiger partial charge >= 0.3 is 5.69 Å². The zero-order valence-corrected chi connectivity index (χ0v) is 15.3. The normalized spacial score (nSPS) is 15.7. The van der Waals surface area contributed by atoms with Gasteiger partial charge in [-0.25, -0.2) is 4.79 Å². The van der Waals surface area contributed by atoms with Gasteiger partial charge in [0.05, 0.1) is 17.6 Å². The summed E-state index contributed by atoms with van der Waals surface area (Å²) in [7, 11) is 3.42. The van der Waals surface area contributed by atoms with Crippen LogP contribution in [-0.4, -0.2) is 46.2 Å². The second-order valence-corrected chi connectivity index (χ2v) is 6.69. The molecular weight excluding hydrogens is 346 g/mol. The Morgan fingerprint density at radius 2 is 1.78 bits per heavy atom. The maximum atomic E-state index is 12.7. The number of hydrogen-bond acceptors (Lipinski definition) is 4. The van der Waals surface area contributed by atoms with E-state index in [0.717, 1.165) is 11.0 Å². The van der Waals surface area contributed by atoms with Crippen LogP contribution in [0.3, 0.4) is 0 Å². The number of fused-ring (bicyclic) bond motifs is 2. The van der Waals surface area contributed by atoms with E-state index in [1.165, 1.54) is 4.57 Å². The summed E-state index contributed by atoms with van der Waals surface area (Å²) in [6.45, 7) is 0.746. The van der Waals surface area contributed by atoms with Crippen LogP contribution in [-0.2, 0) is 18.4 Å². The number of aryl methyl sites for hydroxylation is 1. The Hall–Kier alpha value is -3.22. The lowest BCUT2D eigenvalue weighted by atomic mass is 10.2. The average molecular weight is 367 g/mol. The van der Waals surface area contributed by atoms with Gasteiger partial charge in [0.1, 0.15) is 13.2 Å². The molecule has 0 unspecified atom stereocenters. The number of para-hydroxylation sites is 4. The molecule has 0 bridgehead atoms. The van der Waals surface area contributed by atoms with E-state index in [1.54, 1.807) is 23.6 Å². The van der Waals surface area contributed by atoms with E-state index < -0.39 is 0 Å². The van der Waals surface area contributed by atoms with Gasteiger partial charge in [-0.15, -0.1) is 0 Å². The molecule has 7 heteroatoms. The summed E-state index contributed by atoms with van der Waals surface area (Å²) in [5.74, 6) is 1.24. The minimum absolute atomic E-state index is 0.0130. The molecule has 0 fully saturated rings. The number of carbonyl (C=O) groups is 1. The van der Waals surface area contributed by atoms with Gasteiger partial charge in [0.25, 0.3) is 0 Å². The third-order valence-electron chi connectivity index (χ3n) is 4.82. The molecule has 0 radical (unpaired) electrons. The van der Waals surface area contributed by atoms with Crippen molar-refractivity contribution in [3.05, 3.63) is 59.0 Å². The van der Waals surface area contributed by atoms with Gasteiger partial charge in [0.15, 0.2) is 17.6 Å². The van der Waals surface area contributed by atoms with E-state index in [0.29, 0.717) is 24.7 Å². The summed E-state index contributed by atoms with van der Waals surface area (Å²) in [4.78, 5) is 26.8. The van der Waals surface area contributed by atoms with Gasteiger partial charge in [-0.2, -0.15) is 0 Å². The number of imidazole rings is 1. The first kappa shape index (κ1) is 17.2. The van der Waals surface area contributed by atoms with Crippen LogP contribution in [0.5, 0.6) is 11.5 Å². The number of likely N-dealkylation sites (N-methyl/N-ethyl adjacent to an activating group) is 1. The van der Waals surface area contributed by atoms with Gasteiger partial charge < -0.3 is 14.4 Å². The Balaban J connectivity index is 1.47. The van der Waals surface area contributed by atoms with Crippen molar-refractivity contribution in [2.75, 3.05) is 20.2 Å². The van der Waals surface area contributed by atoms with Gasteiger partial charge in [0, 0.05) is 14.1 Å². The van der Waals surface area contributed by atoms with E-state index in [1.807, 2.05) is 48.5 Å². The molecule has 0 saturated heterocycles. The van der Waals surface area contributed by atoms with Crippen molar-refractivity contribution >= 4 is 16.9 Å². The molecule has 3 aromatic rings. The summed E-state index contributed by atoms with van der Waals surface area (Å²) in [5.41, 5.74) is 1.35. The first-order chi connectivity index (χ1) is 13.0. The molecule has 1 amide bonds. The van der Waals surface area contributed by atoms with Crippen molar-refractivity contribution in [2.45, 2.75) is 12.6 Å². The number of amides is 1. The number of aromatic nitrogens is 2. The lowest BCUT2D eigenvalue weighted by Gasteiger charge is -2.29. The fraction of sp³-hybridized carbons (Fsp3) is 0.300. The Morgan fingerprint density at radius 3 is 2.56 bits per heavy atom. The molecule has 7 nitrogen and oxygen atoms in total. The van der Waals surface area contributed by atoms with Crippen LogP contribution < -0.4 is 15.2 Å². The van der Waals surface area contributed by atoms with Crippen LogP contribution >= 0.6 is 0 Å². The Bertz CT molecular complexity index is 1050. The number of ether oxygens (including phenoxy) is 2. The molecular formula is C20H21N3O4. The molecule has 1 aliphatic rings. The predicted octanol–water partition coefficient (Wildman–Crippen LogP) is 1.64. The fourth-order valence-corrected chi connectivity index (χ4v) is 3.33. The van der Waals surface area contributed by atoms with Crippen molar-refractivity contribution < 1.29 is 14.3 Å². The van der Waals surface area contributed by atoms with Crippen molar-refractivity contribution in [1.29, 1.82) is 0 Å². The van der Waals surface area contributed by atoms with Crippen molar-refractivity contribution in [2.24, 2.45) is 7.05 Å². The summed E-state index contributed by atoms with van der Waals surface area (Å²) < 4.78 is 14.7. The van der Waals surface area contributed by atoms with Crippen molar-refractivity contribution in [3.8, 4) is 11.5 Å². The third-order valence-corrected chi connectivity index (χ3v) is 4.82. The molecule has 27 heavy (non-hydrogen) atoms. The molecule has 0 spiro atoms. The molecule has 1 atom stereocenters. The second-order valence-electron chi connectivity index (χ2n) is 6.69. The number of nitrogens with zero attached hydrogens (tertiary/aromatic N) is 3. The minimum Gasteiger partial charge on any atom is -0.486 e. The number of hydrogen-bond donors (Lipinski definition) is 0. The Kier molecular flexibility index (Phi) is 4.35. The topological polar surface area (TPSA) is 65.7 Å². The quantitative estimate of drug-likeness (QED) is 0.703. The molecule has 1 aromatic heterocycles. The van der Waals surface area contributed by atoms with Crippen LogP contribution in [0.4, 0.5) is 0 Å². The highest BCUT2D eigenvalue weighted by atomic mass is 16.6. The van der Waals surface area contributed by atoms with Crippen LogP contribution in [0.15, 0.2) is 53.3 Å². The highest BCUT2D eigenvalue weighted by Crippen LogP contribution is 2.30. The number of carbonyl (C=O) groups excluding carboxylic acids is 1. The van der Waals surface area contributed by atoms with Gasteiger partial charge in [0.2, 0.25) is 5.91 Å². The molecule has 2 heterocycles. The highest BCUT2D eigenvalue weighted by Gasteiger charge is 2.24. The monoisotopic (exact) mass is 367 g/mol. The van der Waals surface area contributed by atoms with E-state index in [2.05, 4.69) is 0 Å². The predicted molar refractivity (Wildman–Crippen MR) is 101 cm³/mol. The lowest BCUT2D eigenvalue weighted by molar-refractivity contribution is -0.131. The van der Waals surface area contributed by atoms with Crippen LogP contribution in [0.25, 0.3) is 11.0 Å². The summed E-state index contributed by atoms with van der Waals surface area (Å²) in [6.07, 6.45) is -0.252. The first-order valence-electron chi connectivity index (χ1n) is 8.81. The van der Waals surface area contributed by atoms with E-state index in [-0.39, 0.29) is 24.2 Å². The zero-order chi connectivity index (χ0) is 19.0. The van der Waals surface area contributed by atoms with Gasteiger partial charge in [-0.3, -0.25) is 13.9 Å². The maximum Gasteiger partial charge on any atom is 0.329 e. The Morgan fingerprint density at radius 1 is 1.11 bits per heavy atom. The zero-order valence-electron chi connectivity index (χ0n) is 15.3. The average Bonchev–Trinajstić information content (AvgIpc) is 2.93. The van der Waals surface area contributed by atoms with E-state index in [9.17, 15) is 9.59 Å². The molecule has 140 valence electrons. The standard InChI is InChI=1S/C20H21N3O4/c1-21(11-14-13-26-17-9-5-6-10-18(17)27-14)19(24)12-23-16-8-4-3-7-15(16)22(2)20(23)25/h3-10,14H,11-13H2,1-2H3/t14-/m0/s1. The van der Waals surface area contributed by atoms with E-state index >= 15 is 0 Å². The lowest BCUT2D eigenvalue weighted by Crippen LogP contribution is -2.43. The molecule has 1 aliphatic heterocycles. The summed E-state index contributed by atoms with van der Waals surface area (Å²) >= 11 is 0. The summed E-state index contributed by atoms with van der Waals surface area (Å²) in [6, 6.07) is 14.9. The smallest absolute Gasteiger partial charge is 0.329 e. The highest BCUT2D eigenvalue weighted by molar-refractivity contribution is 5.80. The van der Waals surface area contributed by atoms with Gasteiger partial charge in [-0.05, 0) is 24.3 Å².